The number of amides is 2. The summed E-state index contributed by atoms with van der Waals surface area (Å²) in [6, 6.07) is 5.81. The molecule has 0 aromatic heterocycles. The van der Waals surface area contributed by atoms with Crippen molar-refractivity contribution in [3.8, 4) is 0 Å². The van der Waals surface area contributed by atoms with Crippen molar-refractivity contribution in [3.05, 3.63) is 64.5 Å². The first kappa shape index (κ1) is 24.9. The molecular formula is C22H26F3N5O2. The first-order valence-electron chi connectivity index (χ1n) is 9.79. The van der Waals surface area contributed by atoms with Crippen LogP contribution in [0.1, 0.15) is 22.7 Å². The number of carbonyl (C=O) groups excluding carboxylic acids is 1. The van der Waals surface area contributed by atoms with Crippen LogP contribution in [0.2, 0.25) is 0 Å². The molecule has 1 unspecified atom stereocenters. The van der Waals surface area contributed by atoms with Gasteiger partial charge in [0.2, 0.25) is 5.96 Å². The molecule has 0 aliphatic rings. The molecule has 0 spiro atoms. The number of aryl methyl sites for hydroxylation is 1. The SMILES string of the molecule is C=NCC(c1cc(F)c(F)c(F)c1)N(C)C(=Nc1cc(CCO)ccc1C)NC(=O)NC. The molecule has 2 amide bonds. The van der Waals surface area contributed by atoms with Crippen LogP contribution >= 0.6 is 0 Å². The molecule has 7 nitrogen and oxygen atoms in total. The molecule has 0 bridgehead atoms. The molecule has 10 heteroatoms. The number of halogens is 3. The maximum absolute atomic E-state index is 13.9. The summed E-state index contributed by atoms with van der Waals surface area (Å²) >= 11 is 0. The Morgan fingerprint density at radius 2 is 1.88 bits per heavy atom. The molecule has 0 aliphatic carbocycles. The number of hydrogen-bond acceptors (Lipinski definition) is 4. The third-order valence-corrected chi connectivity index (χ3v) is 4.85. The van der Waals surface area contributed by atoms with Gasteiger partial charge in [-0.1, -0.05) is 12.1 Å². The summed E-state index contributed by atoms with van der Waals surface area (Å²) in [6.07, 6.45) is 0.425. The molecule has 0 aliphatic heterocycles. The van der Waals surface area contributed by atoms with Gasteiger partial charge >= 0.3 is 6.03 Å². The molecule has 32 heavy (non-hydrogen) atoms. The minimum Gasteiger partial charge on any atom is -0.396 e. The molecule has 0 saturated heterocycles. The van der Waals surface area contributed by atoms with Crippen molar-refractivity contribution < 1.29 is 23.1 Å². The average Bonchev–Trinajstić information content (AvgIpc) is 2.76. The van der Waals surface area contributed by atoms with Crippen LogP contribution in [0, 0.1) is 24.4 Å². The third kappa shape index (κ3) is 6.07. The van der Waals surface area contributed by atoms with Gasteiger partial charge in [-0.2, -0.15) is 0 Å². The number of likely N-dealkylation sites (N-methyl/N-ethyl adjacent to an activating group) is 1. The van der Waals surface area contributed by atoms with Crippen LogP contribution in [0.15, 0.2) is 40.3 Å². The smallest absolute Gasteiger partial charge is 0.321 e. The van der Waals surface area contributed by atoms with Crippen molar-refractivity contribution in [2.24, 2.45) is 9.98 Å². The van der Waals surface area contributed by atoms with E-state index in [1.165, 1.54) is 11.9 Å². The number of aliphatic imine (C=N–C) groups is 2. The van der Waals surface area contributed by atoms with Gasteiger partial charge in [-0.05, 0) is 55.0 Å². The second-order valence-corrected chi connectivity index (χ2v) is 7.07. The van der Waals surface area contributed by atoms with Gasteiger partial charge in [-0.15, -0.1) is 0 Å². The Labute approximate surface area is 184 Å². The summed E-state index contributed by atoms with van der Waals surface area (Å²) in [5, 5.41) is 14.2. The van der Waals surface area contributed by atoms with Gasteiger partial charge in [0, 0.05) is 20.7 Å². The summed E-state index contributed by atoms with van der Waals surface area (Å²) in [5.41, 5.74) is 2.25. The number of benzene rings is 2. The number of aliphatic hydroxyl groups is 1. The third-order valence-electron chi connectivity index (χ3n) is 4.85. The second kappa shape index (κ2) is 11.3. The van der Waals surface area contributed by atoms with Crippen molar-refractivity contribution in [2.45, 2.75) is 19.4 Å². The van der Waals surface area contributed by atoms with Gasteiger partial charge in [0.25, 0.3) is 0 Å². The van der Waals surface area contributed by atoms with Crippen molar-refractivity contribution in [2.75, 3.05) is 27.2 Å². The lowest BCUT2D eigenvalue weighted by Crippen LogP contribution is -2.47. The second-order valence-electron chi connectivity index (χ2n) is 7.07. The summed E-state index contributed by atoms with van der Waals surface area (Å²) in [7, 11) is 2.98. The molecule has 172 valence electrons. The Hall–Kier alpha value is -3.40. The summed E-state index contributed by atoms with van der Waals surface area (Å²) in [4.78, 5) is 21.9. The van der Waals surface area contributed by atoms with E-state index < -0.39 is 29.5 Å². The monoisotopic (exact) mass is 449 g/mol. The maximum atomic E-state index is 13.9. The fourth-order valence-corrected chi connectivity index (χ4v) is 3.02. The Balaban J connectivity index is 2.57. The van der Waals surface area contributed by atoms with Gasteiger partial charge < -0.3 is 15.3 Å². The highest BCUT2D eigenvalue weighted by atomic mass is 19.2. The highest BCUT2D eigenvalue weighted by Crippen LogP contribution is 2.26. The first-order valence-corrected chi connectivity index (χ1v) is 9.79. The summed E-state index contributed by atoms with van der Waals surface area (Å²) in [6.45, 7) is 5.21. The Morgan fingerprint density at radius 3 is 2.44 bits per heavy atom. The van der Waals surface area contributed by atoms with Crippen molar-refractivity contribution in [1.82, 2.24) is 15.5 Å². The van der Waals surface area contributed by atoms with Crippen LogP contribution in [0.3, 0.4) is 0 Å². The van der Waals surface area contributed by atoms with Gasteiger partial charge in [0.1, 0.15) is 0 Å². The molecule has 3 N–H and O–H groups in total. The largest absolute Gasteiger partial charge is 0.396 e. The lowest BCUT2D eigenvalue weighted by molar-refractivity contribution is 0.245. The maximum Gasteiger partial charge on any atom is 0.321 e. The fourth-order valence-electron chi connectivity index (χ4n) is 3.02. The number of rotatable bonds is 7. The van der Waals surface area contributed by atoms with E-state index in [2.05, 4.69) is 27.3 Å². The van der Waals surface area contributed by atoms with E-state index in [-0.39, 0.29) is 24.7 Å². The Morgan fingerprint density at radius 1 is 1.22 bits per heavy atom. The highest BCUT2D eigenvalue weighted by Gasteiger charge is 2.24. The lowest BCUT2D eigenvalue weighted by Gasteiger charge is -2.30. The molecular weight excluding hydrogens is 423 g/mol. The van der Waals surface area contributed by atoms with Gasteiger partial charge in [0.05, 0.1) is 18.3 Å². The van der Waals surface area contributed by atoms with E-state index in [0.29, 0.717) is 12.1 Å². The zero-order valence-corrected chi connectivity index (χ0v) is 18.1. The quantitative estimate of drug-likeness (QED) is 0.345. The number of carbonyl (C=O) groups is 1. The molecule has 1 atom stereocenters. The van der Waals surface area contributed by atoms with Gasteiger partial charge in [0.15, 0.2) is 17.5 Å². The predicted octanol–water partition coefficient (Wildman–Crippen LogP) is 3.24. The van der Waals surface area contributed by atoms with Crippen LogP contribution < -0.4 is 10.6 Å². The van der Waals surface area contributed by atoms with E-state index in [4.69, 9.17) is 0 Å². The van der Waals surface area contributed by atoms with E-state index in [9.17, 15) is 23.1 Å². The number of nitrogens with one attached hydrogen (secondary N) is 2. The zero-order chi connectivity index (χ0) is 23.8. The zero-order valence-electron chi connectivity index (χ0n) is 18.1. The van der Waals surface area contributed by atoms with Gasteiger partial charge in [-0.3, -0.25) is 10.3 Å². The number of hydrogen-bond donors (Lipinski definition) is 3. The van der Waals surface area contributed by atoms with E-state index in [1.807, 2.05) is 19.1 Å². The number of nitrogens with zero attached hydrogens (tertiary/aromatic N) is 3. The minimum atomic E-state index is -1.57. The Bertz CT molecular complexity index is 990. The molecule has 2 rings (SSSR count). The minimum absolute atomic E-state index is 0.0149. The highest BCUT2D eigenvalue weighted by molar-refractivity contribution is 5.97. The molecule has 0 saturated carbocycles. The molecule has 2 aromatic rings. The van der Waals surface area contributed by atoms with Crippen molar-refractivity contribution in [1.29, 1.82) is 0 Å². The molecule has 0 heterocycles. The van der Waals surface area contributed by atoms with Crippen LogP contribution in [0.5, 0.6) is 0 Å². The van der Waals surface area contributed by atoms with E-state index >= 15 is 0 Å². The lowest BCUT2D eigenvalue weighted by atomic mass is 10.0. The van der Waals surface area contributed by atoms with Crippen LogP contribution in [-0.4, -0.2) is 56.0 Å². The molecule has 0 radical (unpaired) electrons. The van der Waals surface area contributed by atoms with E-state index in [1.54, 1.807) is 13.1 Å². The fraction of sp³-hybridized carbons (Fsp3) is 0.318. The van der Waals surface area contributed by atoms with Crippen molar-refractivity contribution >= 4 is 24.4 Å². The predicted molar refractivity (Wildman–Crippen MR) is 118 cm³/mol. The summed E-state index contributed by atoms with van der Waals surface area (Å²) in [5.74, 6) is -4.19. The Kier molecular flexibility index (Phi) is 8.77. The first-order chi connectivity index (χ1) is 15.2. The van der Waals surface area contributed by atoms with Crippen LogP contribution in [-0.2, 0) is 6.42 Å². The van der Waals surface area contributed by atoms with Gasteiger partial charge in [-0.25, -0.2) is 23.0 Å². The average molecular weight is 449 g/mol. The topological polar surface area (TPSA) is 89.3 Å². The molecule has 0 fully saturated rings. The standard InChI is InChI=1S/C22H26F3N5O2/c1-13-5-6-14(7-8-31)9-18(13)28-21(29-22(32)27-3)30(4)19(12-26-2)15-10-16(23)20(25)17(24)11-15/h5-6,9-11,19,31H,2,7-8,12H2,1,3-4H3,(H2,27,28,29,32). The van der Waals surface area contributed by atoms with Crippen LogP contribution in [0.4, 0.5) is 23.7 Å². The number of guanidine groups is 1. The number of urea groups is 1. The summed E-state index contributed by atoms with van der Waals surface area (Å²) < 4.78 is 41.2. The van der Waals surface area contributed by atoms with E-state index in [0.717, 1.165) is 23.3 Å². The van der Waals surface area contributed by atoms with Crippen LogP contribution in [0.25, 0.3) is 0 Å². The number of aliphatic hydroxyl groups excluding tert-OH is 1. The van der Waals surface area contributed by atoms with Crippen molar-refractivity contribution in [3.63, 3.8) is 0 Å². The molecule has 2 aromatic carbocycles. The normalized spacial score (nSPS) is 12.3.